The SMILES string of the molecule is CCOc1cccc2sc(N3CCN(CCNC(=O)c4cccc(NS(=O)(=O)c5ccc(OC)cc5)c4)CC3)nc12. The van der Waals surface area contributed by atoms with Crippen molar-refractivity contribution < 1.29 is 22.7 Å². The highest BCUT2D eigenvalue weighted by atomic mass is 32.2. The van der Waals surface area contributed by atoms with Crippen LogP contribution in [0.4, 0.5) is 10.8 Å². The van der Waals surface area contributed by atoms with Gasteiger partial charge in [-0.3, -0.25) is 14.4 Å². The number of sulfonamides is 1. The maximum atomic E-state index is 12.8. The van der Waals surface area contributed by atoms with Gasteiger partial charge in [0.1, 0.15) is 17.0 Å². The molecule has 4 aromatic rings. The molecular formula is C29H33N5O5S2. The summed E-state index contributed by atoms with van der Waals surface area (Å²) in [5, 5.41) is 3.95. The number of piperazine rings is 1. The molecule has 10 nitrogen and oxygen atoms in total. The highest BCUT2D eigenvalue weighted by Gasteiger charge is 2.21. The number of nitrogens with one attached hydrogen (secondary N) is 2. The van der Waals surface area contributed by atoms with E-state index in [2.05, 4.69) is 25.9 Å². The number of fused-ring (bicyclic) bond motifs is 1. The molecular weight excluding hydrogens is 562 g/mol. The van der Waals surface area contributed by atoms with E-state index in [-0.39, 0.29) is 10.8 Å². The van der Waals surface area contributed by atoms with Gasteiger partial charge in [-0.1, -0.05) is 23.5 Å². The van der Waals surface area contributed by atoms with E-state index in [1.54, 1.807) is 41.7 Å². The Bertz CT molecular complexity index is 1600. The van der Waals surface area contributed by atoms with Crippen LogP contribution in [0.2, 0.25) is 0 Å². The Morgan fingerprint density at radius 1 is 1.02 bits per heavy atom. The maximum absolute atomic E-state index is 12.8. The second-order valence-corrected chi connectivity index (χ2v) is 12.2. The van der Waals surface area contributed by atoms with Crippen molar-refractivity contribution in [2.24, 2.45) is 0 Å². The maximum Gasteiger partial charge on any atom is 0.261 e. The van der Waals surface area contributed by atoms with Gasteiger partial charge < -0.3 is 19.7 Å². The molecule has 5 rings (SSSR count). The van der Waals surface area contributed by atoms with Gasteiger partial charge in [0.2, 0.25) is 0 Å². The average Bonchev–Trinajstić information content (AvgIpc) is 3.43. The van der Waals surface area contributed by atoms with Crippen LogP contribution in [0.5, 0.6) is 11.5 Å². The number of para-hydroxylation sites is 1. The molecule has 2 heterocycles. The van der Waals surface area contributed by atoms with Gasteiger partial charge in [0.25, 0.3) is 15.9 Å². The third-order valence-electron chi connectivity index (χ3n) is 6.77. The van der Waals surface area contributed by atoms with Crippen LogP contribution in [0, 0.1) is 0 Å². The zero-order valence-corrected chi connectivity index (χ0v) is 24.6. The van der Waals surface area contributed by atoms with Crippen molar-refractivity contribution in [3.8, 4) is 11.5 Å². The van der Waals surface area contributed by atoms with E-state index in [0.717, 1.165) is 53.8 Å². The molecule has 1 amide bonds. The summed E-state index contributed by atoms with van der Waals surface area (Å²) in [7, 11) is -2.29. The summed E-state index contributed by atoms with van der Waals surface area (Å²) in [6.45, 7) is 7.23. The molecule has 1 aliphatic heterocycles. The first-order chi connectivity index (χ1) is 19.9. The fourth-order valence-corrected chi connectivity index (χ4v) is 6.69. The molecule has 0 unspecified atom stereocenters. The number of anilines is 2. The smallest absolute Gasteiger partial charge is 0.261 e. The van der Waals surface area contributed by atoms with E-state index in [9.17, 15) is 13.2 Å². The molecule has 1 aliphatic rings. The second-order valence-electron chi connectivity index (χ2n) is 9.48. The van der Waals surface area contributed by atoms with Gasteiger partial charge in [0.05, 0.1) is 23.3 Å². The van der Waals surface area contributed by atoms with Crippen molar-refractivity contribution in [2.75, 3.05) is 62.6 Å². The van der Waals surface area contributed by atoms with Crippen molar-refractivity contribution in [2.45, 2.75) is 11.8 Å². The fourth-order valence-electron chi connectivity index (χ4n) is 4.60. The fraction of sp³-hybridized carbons (Fsp3) is 0.310. The predicted octanol–water partition coefficient (Wildman–Crippen LogP) is 4.06. The number of carbonyl (C=O) groups is 1. The summed E-state index contributed by atoms with van der Waals surface area (Å²) >= 11 is 1.68. The van der Waals surface area contributed by atoms with E-state index >= 15 is 0 Å². The van der Waals surface area contributed by atoms with Gasteiger partial charge in [-0.05, 0) is 61.5 Å². The van der Waals surface area contributed by atoms with E-state index in [1.165, 1.54) is 25.3 Å². The Morgan fingerprint density at radius 3 is 2.51 bits per heavy atom. The summed E-state index contributed by atoms with van der Waals surface area (Å²) in [5.74, 6) is 1.13. The number of aromatic nitrogens is 1. The number of rotatable bonds is 11. The standard InChI is InChI=1S/C29H33N5O5S2/c1-3-39-25-8-5-9-26-27(25)31-29(40-26)34-18-16-33(17-19-34)15-14-30-28(35)21-6-4-7-22(20-21)32-41(36,37)24-12-10-23(38-2)11-13-24/h4-13,20,32H,3,14-19H2,1-2H3,(H,30,35). The molecule has 0 spiro atoms. The first-order valence-corrected chi connectivity index (χ1v) is 15.7. The van der Waals surface area contributed by atoms with Gasteiger partial charge in [-0.15, -0.1) is 0 Å². The van der Waals surface area contributed by atoms with Gasteiger partial charge in [-0.2, -0.15) is 0 Å². The van der Waals surface area contributed by atoms with Crippen LogP contribution in [0.3, 0.4) is 0 Å². The molecule has 1 fully saturated rings. The van der Waals surface area contributed by atoms with Crippen LogP contribution < -0.4 is 24.4 Å². The molecule has 0 bridgehead atoms. The van der Waals surface area contributed by atoms with Crippen molar-refractivity contribution in [3.63, 3.8) is 0 Å². The molecule has 0 radical (unpaired) electrons. The van der Waals surface area contributed by atoms with E-state index in [4.69, 9.17) is 14.5 Å². The highest BCUT2D eigenvalue weighted by Crippen LogP contribution is 2.34. The summed E-state index contributed by atoms with van der Waals surface area (Å²) in [5.41, 5.74) is 1.61. The molecule has 216 valence electrons. The number of thiazole rings is 1. The molecule has 0 atom stereocenters. The van der Waals surface area contributed by atoms with Gasteiger partial charge >= 0.3 is 0 Å². The van der Waals surface area contributed by atoms with Crippen LogP contribution in [-0.4, -0.2) is 77.2 Å². The van der Waals surface area contributed by atoms with Crippen LogP contribution in [0.1, 0.15) is 17.3 Å². The van der Waals surface area contributed by atoms with Crippen molar-refractivity contribution >= 4 is 48.3 Å². The lowest BCUT2D eigenvalue weighted by atomic mass is 10.2. The predicted molar refractivity (Wildman–Crippen MR) is 162 cm³/mol. The summed E-state index contributed by atoms with van der Waals surface area (Å²) in [6.07, 6.45) is 0. The summed E-state index contributed by atoms with van der Waals surface area (Å²) in [6, 6.07) is 18.6. The lowest BCUT2D eigenvalue weighted by molar-refractivity contribution is 0.0947. The molecule has 2 N–H and O–H groups in total. The molecule has 3 aromatic carbocycles. The third-order valence-corrected chi connectivity index (χ3v) is 9.25. The minimum atomic E-state index is -3.81. The number of carbonyl (C=O) groups excluding carboxylic acids is 1. The van der Waals surface area contributed by atoms with E-state index in [0.29, 0.717) is 30.2 Å². The first kappa shape index (κ1) is 28.7. The molecule has 0 aliphatic carbocycles. The molecule has 12 heteroatoms. The Balaban J connectivity index is 1.10. The van der Waals surface area contributed by atoms with E-state index in [1.807, 2.05) is 19.1 Å². The number of amides is 1. The average molecular weight is 596 g/mol. The minimum absolute atomic E-state index is 0.103. The molecule has 41 heavy (non-hydrogen) atoms. The van der Waals surface area contributed by atoms with Gasteiger partial charge in [0, 0.05) is 50.5 Å². The number of nitrogens with zero attached hydrogens (tertiary/aromatic N) is 3. The monoisotopic (exact) mass is 595 g/mol. The number of benzene rings is 3. The number of hydrogen-bond acceptors (Lipinski definition) is 9. The zero-order valence-electron chi connectivity index (χ0n) is 23.0. The second kappa shape index (κ2) is 12.8. The normalized spacial score (nSPS) is 14.1. The lowest BCUT2D eigenvalue weighted by Gasteiger charge is -2.34. The number of methoxy groups -OCH3 is 1. The molecule has 1 aromatic heterocycles. The third kappa shape index (κ3) is 6.89. The van der Waals surface area contributed by atoms with Gasteiger partial charge in [-0.25, -0.2) is 13.4 Å². The van der Waals surface area contributed by atoms with Crippen molar-refractivity contribution in [1.82, 2.24) is 15.2 Å². The topological polar surface area (TPSA) is 113 Å². The van der Waals surface area contributed by atoms with Crippen LogP contribution in [-0.2, 0) is 10.0 Å². The number of hydrogen-bond donors (Lipinski definition) is 2. The largest absolute Gasteiger partial charge is 0.497 e. The summed E-state index contributed by atoms with van der Waals surface area (Å²) < 4.78 is 40.0. The minimum Gasteiger partial charge on any atom is -0.497 e. The molecule has 1 saturated heterocycles. The van der Waals surface area contributed by atoms with E-state index < -0.39 is 10.0 Å². The van der Waals surface area contributed by atoms with Crippen molar-refractivity contribution in [1.29, 1.82) is 0 Å². The Labute approximate surface area is 243 Å². The van der Waals surface area contributed by atoms with Crippen LogP contribution in [0.25, 0.3) is 10.2 Å². The summed E-state index contributed by atoms with van der Waals surface area (Å²) in [4.78, 5) is 22.4. The van der Waals surface area contributed by atoms with Gasteiger partial charge in [0.15, 0.2) is 5.13 Å². The zero-order chi connectivity index (χ0) is 28.8. The van der Waals surface area contributed by atoms with Crippen molar-refractivity contribution in [3.05, 3.63) is 72.3 Å². The Morgan fingerprint density at radius 2 is 1.78 bits per heavy atom. The molecule has 0 saturated carbocycles. The quantitative estimate of drug-likeness (QED) is 0.267. The Hall–Kier alpha value is -3.87. The number of ether oxygens (including phenoxy) is 2. The first-order valence-electron chi connectivity index (χ1n) is 13.4. The highest BCUT2D eigenvalue weighted by molar-refractivity contribution is 7.92. The lowest BCUT2D eigenvalue weighted by Crippen LogP contribution is -2.48. The Kier molecular flexibility index (Phi) is 8.91. The van der Waals surface area contributed by atoms with Crippen LogP contribution in [0.15, 0.2) is 71.6 Å². The van der Waals surface area contributed by atoms with Crippen LogP contribution >= 0.6 is 11.3 Å².